The number of rotatable bonds is 4. The summed E-state index contributed by atoms with van der Waals surface area (Å²) in [5.41, 5.74) is 1.17. The SMILES string of the molecule is O=C(NC1CCC(c2ccccc2F)C1)c1ncoc1C1CC1. The van der Waals surface area contributed by atoms with E-state index >= 15 is 0 Å². The fourth-order valence-electron chi connectivity index (χ4n) is 3.52. The van der Waals surface area contributed by atoms with Crippen LogP contribution in [0.15, 0.2) is 35.1 Å². The molecule has 2 unspecified atom stereocenters. The molecule has 1 aromatic carbocycles. The highest BCUT2D eigenvalue weighted by atomic mass is 19.1. The highest BCUT2D eigenvalue weighted by Gasteiger charge is 2.34. The zero-order chi connectivity index (χ0) is 15.8. The summed E-state index contributed by atoms with van der Waals surface area (Å²) in [5, 5.41) is 3.04. The Hall–Kier alpha value is -2.17. The number of benzene rings is 1. The fraction of sp³-hybridized carbons (Fsp3) is 0.444. The van der Waals surface area contributed by atoms with Gasteiger partial charge in [0.25, 0.3) is 5.91 Å². The molecule has 1 aromatic heterocycles. The first-order valence-corrected chi connectivity index (χ1v) is 8.21. The maximum absolute atomic E-state index is 13.9. The molecule has 0 spiro atoms. The van der Waals surface area contributed by atoms with Gasteiger partial charge in [0, 0.05) is 12.0 Å². The van der Waals surface area contributed by atoms with Crippen LogP contribution < -0.4 is 5.32 Å². The van der Waals surface area contributed by atoms with Crippen LogP contribution in [0.2, 0.25) is 0 Å². The van der Waals surface area contributed by atoms with E-state index in [1.165, 1.54) is 12.5 Å². The molecule has 5 heteroatoms. The van der Waals surface area contributed by atoms with Gasteiger partial charge in [0.1, 0.15) is 11.6 Å². The number of carbonyl (C=O) groups is 1. The summed E-state index contributed by atoms with van der Waals surface area (Å²) in [6.07, 6.45) is 5.99. The maximum Gasteiger partial charge on any atom is 0.273 e. The Kier molecular flexibility index (Phi) is 3.63. The topological polar surface area (TPSA) is 55.1 Å². The van der Waals surface area contributed by atoms with Gasteiger partial charge < -0.3 is 9.73 Å². The van der Waals surface area contributed by atoms with Gasteiger partial charge in [-0.15, -0.1) is 0 Å². The molecule has 4 nitrogen and oxygen atoms in total. The second-order valence-corrected chi connectivity index (χ2v) is 6.54. The monoisotopic (exact) mass is 314 g/mol. The van der Waals surface area contributed by atoms with E-state index in [9.17, 15) is 9.18 Å². The third kappa shape index (κ3) is 2.87. The smallest absolute Gasteiger partial charge is 0.273 e. The predicted molar refractivity (Wildman–Crippen MR) is 82.7 cm³/mol. The molecule has 0 aliphatic heterocycles. The Balaban J connectivity index is 1.41. The number of amides is 1. The quantitative estimate of drug-likeness (QED) is 0.935. The van der Waals surface area contributed by atoms with E-state index in [1.54, 1.807) is 6.07 Å². The highest BCUT2D eigenvalue weighted by Crippen LogP contribution is 2.41. The van der Waals surface area contributed by atoms with Crippen molar-refractivity contribution in [3.8, 4) is 0 Å². The molecule has 23 heavy (non-hydrogen) atoms. The molecule has 2 atom stereocenters. The van der Waals surface area contributed by atoms with Crippen molar-refractivity contribution in [3.05, 3.63) is 53.5 Å². The molecule has 1 N–H and O–H groups in total. The highest BCUT2D eigenvalue weighted by molar-refractivity contribution is 5.93. The second kappa shape index (κ2) is 5.80. The van der Waals surface area contributed by atoms with E-state index in [4.69, 9.17) is 4.42 Å². The molecule has 2 aliphatic rings. The Morgan fingerprint density at radius 1 is 1.17 bits per heavy atom. The fourth-order valence-corrected chi connectivity index (χ4v) is 3.52. The van der Waals surface area contributed by atoms with Crippen molar-refractivity contribution in [1.82, 2.24) is 10.3 Å². The standard InChI is InChI=1S/C18H19FN2O2/c19-15-4-2-1-3-14(15)12-7-8-13(9-12)21-18(22)16-17(11-5-6-11)23-10-20-16/h1-4,10-13H,5-9H2,(H,21,22). The van der Waals surface area contributed by atoms with E-state index < -0.39 is 0 Å². The molecule has 4 rings (SSSR count). The molecular formula is C18H19FN2O2. The second-order valence-electron chi connectivity index (χ2n) is 6.54. The average Bonchev–Trinajstić information content (AvgIpc) is 3.09. The lowest BCUT2D eigenvalue weighted by atomic mass is 9.97. The van der Waals surface area contributed by atoms with Gasteiger partial charge in [0.15, 0.2) is 12.1 Å². The van der Waals surface area contributed by atoms with Crippen LogP contribution >= 0.6 is 0 Å². The molecule has 2 aromatic rings. The van der Waals surface area contributed by atoms with Crippen molar-refractivity contribution >= 4 is 5.91 Å². The maximum atomic E-state index is 13.9. The van der Waals surface area contributed by atoms with Crippen LogP contribution in [-0.4, -0.2) is 16.9 Å². The summed E-state index contributed by atoms with van der Waals surface area (Å²) in [5.74, 6) is 0.915. The van der Waals surface area contributed by atoms with E-state index in [2.05, 4.69) is 10.3 Å². The van der Waals surface area contributed by atoms with Crippen molar-refractivity contribution in [2.24, 2.45) is 0 Å². The largest absolute Gasteiger partial charge is 0.447 e. The summed E-state index contributed by atoms with van der Waals surface area (Å²) in [7, 11) is 0. The molecule has 1 heterocycles. The number of hydrogen-bond acceptors (Lipinski definition) is 3. The van der Waals surface area contributed by atoms with Crippen LogP contribution in [0.4, 0.5) is 4.39 Å². The summed E-state index contributed by atoms with van der Waals surface area (Å²) < 4.78 is 19.3. The zero-order valence-corrected chi connectivity index (χ0v) is 12.8. The molecule has 0 radical (unpaired) electrons. The Labute approximate surface area is 134 Å². The number of aromatic nitrogens is 1. The van der Waals surface area contributed by atoms with Crippen LogP contribution in [-0.2, 0) is 0 Å². The van der Waals surface area contributed by atoms with Gasteiger partial charge in [0.05, 0.1) is 0 Å². The third-order valence-electron chi connectivity index (χ3n) is 4.87. The molecule has 1 amide bonds. The van der Waals surface area contributed by atoms with Crippen LogP contribution in [0, 0.1) is 5.82 Å². The zero-order valence-electron chi connectivity index (χ0n) is 12.8. The van der Waals surface area contributed by atoms with Gasteiger partial charge >= 0.3 is 0 Å². The van der Waals surface area contributed by atoms with E-state index in [0.29, 0.717) is 17.4 Å². The van der Waals surface area contributed by atoms with Crippen LogP contribution in [0.5, 0.6) is 0 Å². The summed E-state index contributed by atoms with van der Waals surface area (Å²) in [6.45, 7) is 0. The first-order valence-electron chi connectivity index (χ1n) is 8.21. The van der Waals surface area contributed by atoms with Crippen LogP contribution in [0.25, 0.3) is 0 Å². The van der Waals surface area contributed by atoms with E-state index in [-0.39, 0.29) is 23.7 Å². The number of carbonyl (C=O) groups excluding carboxylic acids is 1. The summed E-state index contributed by atoms with van der Waals surface area (Å²) >= 11 is 0. The van der Waals surface area contributed by atoms with Crippen LogP contribution in [0.3, 0.4) is 0 Å². The number of oxazole rings is 1. The first kappa shape index (κ1) is 14.4. The molecule has 2 fully saturated rings. The van der Waals surface area contributed by atoms with Crippen molar-refractivity contribution in [3.63, 3.8) is 0 Å². The molecule has 0 bridgehead atoms. The Bertz CT molecular complexity index is 723. The van der Waals surface area contributed by atoms with Crippen molar-refractivity contribution in [2.45, 2.75) is 50.0 Å². The lowest BCUT2D eigenvalue weighted by molar-refractivity contribution is 0.0931. The lowest BCUT2D eigenvalue weighted by Crippen LogP contribution is -2.33. The average molecular weight is 314 g/mol. The number of nitrogens with one attached hydrogen (secondary N) is 1. The normalized spacial score (nSPS) is 23.9. The van der Waals surface area contributed by atoms with Gasteiger partial charge in [-0.1, -0.05) is 18.2 Å². The Morgan fingerprint density at radius 2 is 1.96 bits per heavy atom. The predicted octanol–water partition coefficient (Wildman–Crippen LogP) is 3.76. The number of nitrogens with zero attached hydrogens (tertiary/aromatic N) is 1. The molecule has 2 aliphatic carbocycles. The van der Waals surface area contributed by atoms with Crippen LogP contribution in [0.1, 0.15) is 65.8 Å². The summed E-state index contributed by atoms with van der Waals surface area (Å²) in [6, 6.07) is 6.97. The van der Waals surface area contributed by atoms with Gasteiger partial charge in [0.2, 0.25) is 0 Å². The Morgan fingerprint density at radius 3 is 2.74 bits per heavy atom. The number of hydrogen-bond donors (Lipinski definition) is 1. The molecule has 120 valence electrons. The molecular weight excluding hydrogens is 295 g/mol. The van der Waals surface area contributed by atoms with Crippen molar-refractivity contribution < 1.29 is 13.6 Å². The minimum absolute atomic E-state index is 0.0656. The van der Waals surface area contributed by atoms with Gasteiger partial charge in [-0.2, -0.15) is 0 Å². The van der Waals surface area contributed by atoms with E-state index in [1.807, 2.05) is 12.1 Å². The van der Waals surface area contributed by atoms with Crippen molar-refractivity contribution in [1.29, 1.82) is 0 Å². The minimum Gasteiger partial charge on any atom is -0.447 e. The lowest BCUT2D eigenvalue weighted by Gasteiger charge is -2.14. The molecule has 2 saturated carbocycles. The molecule has 0 saturated heterocycles. The van der Waals surface area contributed by atoms with Crippen molar-refractivity contribution in [2.75, 3.05) is 0 Å². The van der Waals surface area contributed by atoms with E-state index in [0.717, 1.165) is 37.7 Å². The summed E-state index contributed by atoms with van der Waals surface area (Å²) in [4.78, 5) is 16.5. The first-order chi connectivity index (χ1) is 11.2. The third-order valence-corrected chi connectivity index (χ3v) is 4.87. The van der Waals surface area contributed by atoms with Gasteiger partial charge in [-0.05, 0) is 49.7 Å². The van der Waals surface area contributed by atoms with Gasteiger partial charge in [-0.25, -0.2) is 9.37 Å². The van der Waals surface area contributed by atoms with Gasteiger partial charge in [-0.3, -0.25) is 4.79 Å². The number of halogens is 1. The minimum atomic E-state index is -0.167.